The standard InChI is InChI=1S/C14H25N3O2S/c1-6-11(3)17(7-2)14-9-8-12(10-13(14)15)20(18,19)16(4)5/h8-11H,6-7,15H2,1-5H3. The first-order valence-electron chi connectivity index (χ1n) is 6.84. The molecule has 0 heterocycles. The highest BCUT2D eigenvalue weighted by Gasteiger charge is 2.20. The summed E-state index contributed by atoms with van der Waals surface area (Å²) in [5, 5.41) is 0. The molecule has 0 radical (unpaired) electrons. The molecular formula is C14H25N3O2S. The summed E-state index contributed by atoms with van der Waals surface area (Å²) in [4.78, 5) is 2.41. The number of anilines is 2. The zero-order valence-electron chi connectivity index (χ0n) is 12.9. The third kappa shape index (κ3) is 3.24. The van der Waals surface area contributed by atoms with Crippen molar-refractivity contribution >= 4 is 21.4 Å². The van der Waals surface area contributed by atoms with E-state index in [9.17, 15) is 8.42 Å². The number of nitrogens with two attached hydrogens (primary N) is 1. The number of nitrogen functional groups attached to an aromatic ring is 1. The zero-order chi connectivity index (χ0) is 15.5. The van der Waals surface area contributed by atoms with Crippen LogP contribution in [0.1, 0.15) is 27.2 Å². The molecule has 0 aliphatic heterocycles. The van der Waals surface area contributed by atoms with Crippen molar-refractivity contribution in [3.05, 3.63) is 18.2 Å². The molecule has 0 aliphatic rings. The molecule has 0 bridgehead atoms. The molecule has 0 fully saturated rings. The van der Waals surface area contributed by atoms with Crippen molar-refractivity contribution in [2.45, 2.75) is 38.1 Å². The van der Waals surface area contributed by atoms with Gasteiger partial charge in [0.1, 0.15) is 0 Å². The van der Waals surface area contributed by atoms with Crippen molar-refractivity contribution in [1.29, 1.82) is 0 Å². The summed E-state index contributed by atoms with van der Waals surface area (Å²) in [5.41, 5.74) is 7.45. The third-order valence-electron chi connectivity index (χ3n) is 3.55. The van der Waals surface area contributed by atoms with Crippen molar-refractivity contribution in [1.82, 2.24) is 4.31 Å². The lowest BCUT2D eigenvalue weighted by atomic mass is 10.1. The fourth-order valence-electron chi connectivity index (χ4n) is 2.11. The Morgan fingerprint density at radius 2 is 1.85 bits per heavy atom. The van der Waals surface area contributed by atoms with Crippen LogP contribution >= 0.6 is 0 Å². The Kier molecular flexibility index (Phi) is 5.42. The highest BCUT2D eigenvalue weighted by molar-refractivity contribution is 7.89. The van der Waals surface area contributed by atoms with Gasteiger partial charge in [-0.15, -0.1) is 0 Å². The van der Waals surface area contributed by atoms with E-state index in [1.54, 1.807) is 12.1 Å². The van der Waals surface area contributed by atoms with Crippen LogP contribution in [0.3, 0.4) is 0 Å². The maximum absolute atomic E-state index is 12.1. The number of nitrogens with zero attached hydrogens (tertiary/aromatic N) is 2. The van der Waals surface area contributed by atoms with Gasteiger partial charge in [0, 0.05) is 26.7 Å². The zero-order valence-corrected chi connectivity index (χ0v) is 13.7. The molecule has 0 saturated carbocycles. The number of benzene rings is 1. The minimum absolute atomic E-state index is 0.226. The van der Waals surface area contributed by atoms with E-state index in [0.717, 1.165) is 18.7 Å². The van der Waals surface area contributed by atoms with Crippen LogP contribution in [0, 0.1) is 0 Å². The molecule has 0 aliphatic carbocycles. The molecule has 2 N–H and O–H groups in total. The summed E-state index contributed by atoms with van der Waals surface area (Å²) in [5.74, 6) is 0. The lowest BCUT2D eigenvalue weighted by Gasteiger charge is -2.30. The smallest absolute Gasteiger partial charge is 0.242 e. The normalized spacial score (nSPS) is 13.5. The van der Waals surface area contributed by atoms with Gasteiger partial charge < -0.3 is 10.6 Å². The minimum atomic E-state index is -3.44. The van der Waals surface area contributed by atoms with Gasteiger partial charge >= 0.3 is 0 Å². The summed E-state index contributed by atoms with van der Waals surface area (Å²) in [6, 6.07) is 5.31. The molecule has 0 spiro atoms. The van der Waals surface area contributed by atoms with Gasteiger partial charge in [-0.05, 0) is 38.5 Å². The van der Waals surface area contributed by atoms with Crippen LogP contribution < -0.4 is 10.6 Å². The van der Waals surface area contributed by atoms with E-state index in [1.165, 1.54) is 24.5 Å². The Morgan fingerprint density at radius 1 is 1.25 bits per heavy atom. The highest BCUT2D eigenvalue weighted by atomic mass is 32.2. The second kappa shape index (κ2) is 6.45. The summed E-state index contributed by atoms with van der Waals surface area (Å²) < 4.78 is 25.4. The van der Waals surface area contributed by atoms with Gasteiger partial charge in [0.15, 0.2) is 0 Å². The molecule has 20 heavy (non-hydrogen) atoms. The van der Waals surface area contributed by atoms with Crippen LogP contribution in [0.25, 0.3) is 0 Å². The Labute approximate surface area is 122 Å². The summed E-state index contributed by atoms with van der Waals surface area (Å²) in [7, 11) is -0.418. The SMILES string of the molecule is CCC(C)N(CC)c1ccc(S(=O)(=O)N(C)C)cc1N. The molecule has 1 rings (SSSR count). The average Bonchev–Trinajstić information content (AvgIpc) is 2.40. The monoisotopic (exact) mass is 299 g/mol. The molecule has 0 saturated heterocycles. The number of hydrogen-bond acceptors (Lipinski definition) is 4. The van der Waals surface area contributed by atoms with E-state index in [2.05, 4.69) is 25.7 Å². The van der Waals surface area contributed by atoms with Crippen molar-refractivity contribution in [3.8, 4) is 0 Å². The molecular weight excluding hydrogens is 274 g/mol. The third-order valence-corrected chi connectivity index (χ3v) is 5.36. The first kappa shape index (κ1) is 16.8. The maximum Gasteiger partial charge on any atom is 0.242 e. The number of rotatable bonds is 6. The van der Waals surface area contributed by atoms with E-state index >= 15 is 0 Å². The largest absolute Gasteiger partial charge is 0.397 e. The van der Waals surface area contributed by atoms with Crippen LogP contribution in [0.15, 0.2) is 23.1 Å². The quantitative estimate of drug-likeness (QED) is 0.817. The lowest BCUT2D eigenvalue weighted by molar-refractivity contribution is 0.521. The lowest BCUT2D eigenvalue weighted by Crippen LogP contribution is -2.33. The van der Waals surface area contributed by atoms with Gasteiger partial charge in [-0.25, -0.2) is 12.7 Å². The van der Waals surface area contributed by atoms with E-state index in [4.69, 9.17) is 5.73 Å². The van der Waals surface area contributed by atoms with E-state index in [1.807, 2.05) is 0 Å². The van der Waals surface area contributed by atoms with Crippen LogP contribution in [0.2, 0.25) is 0 Å². The topological polar surface area (TPSA) is 66.6 Å². The molecule has 1 aromatic rings. The van der Waals surface area contributed by atoms with Crippen molar-refractivity contribution in [2.75, 3.05) is 31.3 Å². The molecule has 0 aromatic heterocycles. The molecule has 5 nitrogen and oxygen atoms in total. The summed E-state index contributed by atoms with van der Waals surface area (Å²) in [6.45, 7) is 7.15. The predicted molar refractivity (Wildman–Crippen MR) is 84.5 cm³/mol. The maximum atomic E-state index is 12.1. The molecule has 114 valence electrons. The molecule has 1 atom stereocenters. The fraction of sp³-hybridized carbons (Fsp3) is 0.571. The molecule has 0 amide bonds. The average molecular weight is 299 g/mol. The van der Waals surface area contributed by atoms with Crippen LogP contribution in [-0.4, -0.2) is 39.4 Å². The van der Waals surface area contributed by atoms with Gasteiger partial charge in [0.05, 0.1) is 16.3 Å². The molecule has 6 heteroatoms. The first-order valence-corrected chi connectivity index (χ1v) is 8.28. The Hall–Kier alpha value is -1.27. The van der Waals surface area contributed by atoms with E-state index < -0.39 is 10.0 Å². The van der Waals surface area contributed by atoms with E-state index in [0.29, 0.717) is 11.7 Å². The van der Waals surface area contributed by atoms with Crippen molar-refractivity contribution in [3.63, 3.8) is 0 Å². The number of sulfonamides is 1. The Bertz CT molecular complexity index is 556. The summed E-state index contributed by atoms with van der Waals surface area (Å²) >= 11 is 0. The van der Waals surface area contributed by atoms with Gasteiger partial charge in [-0.3, -0.25) is 0 Å². The van der Waals surface area contributed by atoms with Crippen molar-refractivity contribution in [2.24, 2.45) is 0 Å². The molecule has 1 aromatic carbocycles. The Balaban J connectivity index is 3.24. The first-order chi connectivity index (χ1) is 9.25. The van der Waals surface area contributed by atoms with Gasteiger partial charge in [0.25, 0.3) is 0 Å². The van der Waals surface area contributed by atoms with E-state index in [-0.39, 0.29) is 4.90 Å². The van der Waals surface area contributed by atoms with Gasteiger partial charge in [-0.1, -0.05) is 6.92 Å². The number of hydrogen-bond donors (Lipinski definition) is 1. The second-order valence-corrected chi connectivity index (χ2v) is 7.20. The second-order valence-electron chi connectivity index (χ2n) is 5.05. The van der Waals surface area contributed by atoms with Gasteiger partial charge in [-0.2, -0.15) is 0 Å². The fourth-order valence-corrected chi connectivity index (χ4v) is 3.04. The molecule has 1 unspecified atom stereocenters. The van der Waals surface area contributed by atoms with Gasteiger partial charge in [0.2, 0.25) is 10.0 Å². The van der Waals surface area contributed by atoms with Crippen LogP contribution in [0.5, 0.6) is 0 Å². The highest BCUT2D eigenvalue weighted by Crippen LogP contribution is 2.29. The predicted octanol–water partition coefficient (Wildman–Crippen LogP) is 2.14. The van der Waals surface area contributed by atoms with Crippen molar-refractivity contribution < 1.29 is 8.42 Å². The summed E-state index contributed by atoms with van der Waals surface area (Å²) in [6.07, 6.45) is 1.00. The Morgan fingerprint density at radius 3 is 2.25 bits per heavy atom. The van der Waals surface area contributed by atoms with Crippen LogP contribution in [0.4, 0.5) is 11.4 Å². The minimum Gasteiger partial charge on any atom is -0.397 e. The van der Waals surface area contributed by atoms with Crippen LogP contribution in [-0.2, 0) is 10.0 Å².